The molecule has 2 rings (SSSR count). The van der Waals surface area contributed by atoms with Crippen molar-refractivity contribution in [1.82, 2.24) is 9.97 Å². The van der Waals surface area contributed by atoms with Crippen molar-refractivity contribution in [2.75, 3.05) is 11.9 Å². The zero-order valence-electron chi connectivity index (χ0n) is 7.56. The van der Waals surface area contributed by atoms with Gasteiger partial charge in [0.25, 0.3) is 0 Å². The number of aromatic nitrogens is 2. The Hall–Kier alpha value is -2.04. The Morgan fingerprint density at radius 3 is 2.86 bits per heavy atom. The zero-order chi connectivity index (χ0) is 10.1. The topological polar surface area (TPSA) is 69.2 Å². The predicted octanol–water partition coefficient (Wildman–Crippen LogP) is 1.68. The van der Waals surface area contributed by atoms with Crippen molar-refractivity contribution in [1.29, 1.82) is 0 Å². The minimum atomic E-state index is -1.04. The highest BCUT2D eigenvalue weighted by atomic mass is 16.4. The summed E-state index contributed by atoms with van der Waals surface area (Å²) in [5, 5.41) is 8.73. The SMILES string of the molecule is CN(C(=O)O)c1nc2ccccc2[nH]1. The second kappa shape index (κ2) is 3.02. The molecule has 0 saturated heterocycles. The molecule has 0 aliphatic carbocycles. The van der Waals surface area contributed by atoms with Gasteiger partial charge in [-0.05, 0) is 12.1 Å². The average Bonchev–Trinajstić information content (AvgIpc) is 2.59. The predicted molar refractivity (Wildman–Crippen MR) is 52.5 cm³/mol. The van der Waals surface area contributed by atoms with Crippen LogP contribution in [0, 0.1) is 0 Å². The maximum Gasteiger partial charge on any atom is 0.413 e. The van der Waals surface area contributed by atoms with E-state index in [9.17, 15) is 4.79 Å². The highest BCUT2D eigenvalue weighted by Gasteiger charge is 2.12. The molecule has 0 fully saturated rings. The number of fused-ring (bicyclic) bond motifs is 1. The molecule has 0 saturated carbocycles. The lowest BCUT2D eigenvalue weighted by atomic mass is 10.3. The Labute approximate surface area is 80.0 Å². The summed E-state index contributed by atoms with van der Waals surface area (Å²) in [5.41, 5.74) is 1.59. The van der Waals surface area contributed by atoms with Gasteiger partial charge in [-0.1, -0.05) is 12.1 Å². The summed E-state index contributed by atoms with van der Waals surface area (Å²) in [6.45, 7) is 0. The number of carbonyl (C=O) groups is 1. The second-order valence-electron chi connectivity index (χ2n) is 2.92. The lowest BCUT2D eigenvalue weighted by Crippen LogP contribution is -2.24. The number of benzene rings is 1. The van der Waals surface area contributed by atoms with Crippen LogP contribution in [0.1, 0.15) is 0 Å². The molecule has 1 heterocycles. The lowest BCUT2D eigenvalue weighted by molar-refractivity contribution is 0.203. The zero-order valence-corrected chi connectivity index (χ0v) is 7.56. The van der Waals surface area contributed by atoms with E-state index in [4.69, 9.17) is 5.11 Å². The summed E-state index contributed by atoms with van der Waals surface area (Å²) in [6.07, 6.45) is -1.04. The largest absolute Gasteiger partial charge is 0.465 e. The van der Waals surface area contributed by atoms with Gasteiger partial charge in [0.15, 0.2) is 0 Å². The first-order valence-corrected chi connectivity index (χ1v) is 4.10. The van der Waals surface area contributed by atoms with Gasteiger partial charge < -0.3 is 10.1 Å². The minimum Gasteiger partial charge on any atom is -0.465 e. The van der Waals surface area contributed by atoms with Gasteiger partial charge in [0, 0.05) is 7.05 Å². The molecule has 1 aromatic carbocycles. The van der Waals surface area contributed by atoms with E-state index in [1.54, 1.807) is 0 Å². The van der Waals surface area contributed by atoms with Crippen molar-refractivity contribution in [2.24, 2.45) is 0 Å². The first-order valence-electron chi connectivity index (χ1n) is 4.10. The molecule has 0 spiro atoms. The average molecular weight is 191 g/mol. The van der Waals surface area contributed by atoms with Gasteiger partial charge in [-0.2, -0.15) is 0 Å². The van der Waals surface area contributed by atoms with Crippen LogP contribution in [0.5, 0.6) is 0 Å². The van der Waals surface area contributed by atoms with E-state index in [0.29, 0.717) is 5.95 Å². The molecule has 0 aliphatic heterocycles. The van der Waals surface area contributed by atoms with Crippen molar-refractivity contribution in [2.45, 2.75) is 0 Å². The minimum absolute atomic E-state index is 0.332. The van der Waals surface area contributed by atoms with E-state index in [2.05, 4.69) is 9.97 Å². The monoisotopic (exact) mass is 191 g/mol. The van der Waals surface area contributed by atoms with Gasteiger partial charge >= 0.3 is 6.09 Å². The summed E-state index contributed by atoms with van der Waals surface area (Å²) in [6, 6.07) is 7.39. The summed E-state index contributed by atoms with van der Waals surface area (Å²) in [7, 11) is 1.44. The number of amides is 1. The highest BCUT2D eigenvalue weighted by molar-refractivity contribution is 5.86. The number of hydrogen-bond acceptors (Lipinski definition) is 2. The highest BCUT2D eigenvalue weighted by Crippen LogP contribution is 2.15. The maximum absolute atomic E-state index is 10.6. The fourth-order valence-electron chi connectivity index (χ4n) is 1.19. The molecule has 0 radical (unpaired) electrons. The Balaban J connectivity index is 2.50. The van der Waals surface area contributed by atoms with Gasteiger partial charge in [0.1, 0.15) is 0 Å². The van der Waals surface area contributed by atoms with Gasteiger partial charge in [0.05, 0.1) is 11.0 Å². The normalized spacial score (nSPS) is 10.4. The van der Waals surface area contributed by atoms with E-state index in [1.807, 2.05) is 24.3 Å². The number of hydrogen-bond donors (Lipinski definition) is 2. The van der Waals surface area contributed by atoms with Gasteiger partial charge in [-0.25, -0.2) is 9.78 Å². The fraction of sp³-hybridized carbons (Fsp3) is 0.111. The van der Waals surface area contributed by atoms with E-state index in [-0.39, 0.29) is 0 Å². The third-order valence-electron chi connectivity index (χ3n) is 1.98. The maximum atomic E-state index is 10.6. The van der Waals surface area contributed by atoms with Crippen molar-refractivity contribution >= 4 is 23.1 Å². The second-order valence-corrected chi connectivity index (χ2v) is 2.92. The summed E-state index contributed by atoms with van der Waals surface area (Å²) in [5.74, 6) is 0.332. The van der Waals surface area contributed by atoms with Crippen LogP contribution in [-0.2, 0) is 0 Å². The third-order valence-corrected chi connectivity index (χ3v) is 1.98. The van der Waals surface area contributed by atoms with Crippen LogP contribution < -0.4 is 4.90 Å². The fourth-order valence-corrected chi connectivity index (χ4v) is 1.19. The van der Waals surface area contributed by atoms with Crippen molar-refractivity contribution in [3.63, 3.8) is 0 Å². The van der Waals surface area contributed by atoms with E-state index >= 15 is 0 Å². The van der Waals surface area contributed by atoms with Crippen LogP contribution in [0.15, 0.2) is 24.3 Å². The van der Waals surface area contributed by atoms with Crippen molar-refractivity contribution < 1.29 is 9.90 Å². The summed E-state index contributed by atoms with van der Waals surface area (Å²) < 4.78 is 0. The molecule has 5 heteroatoms. The molecule has 1 amide bonds. The van der Waals surface area contributed by atoms with Gasteiger partial charge in [-0.3, -0.25) is 4.90 Å². The Bertz CT molecular complexity index is 445. The molecule has 0 aliphatic rings. The first kappa shape index (κ1) is 8.55. The number of nitrogens with zero attached hydrogens (tertiary/aromatic N) is 2. The van der Waals surface area contributed by atoms with Crippen LogP contribution in [0.4, 0.5) is 10.7 Å². The molecular formula is C9H9N3O2. The molecule has 72 valence electrons. The standard InChI is InChI=1S/C9H9N3O2/c1-12(9(13)14)8-10-6-4-2-3-5-7(6)11-8/h2-5H,1H3,(H,10,11)(H,13,14). The molecule has 0 unspecified atom stereocenters. The van der Waals surface area contributed by atoms with Crippen molar-refractivity contribution in [3.05, 3.63) is 24.3 Å². The molecule has 1 aromatic heterocycles. The van der Waals surface area contributed by atoms with Crippen LogP contribution in [0.2, 0.25) is 0 Å². The molecule has 0 atom stereocenters. The Morgan fingerprint density at radius 2 is 2.21 bits per heavy atom. The van der Waals surface area contributed by atoms with Crippen LogP contribution in [0.3, 0.4) is 0 Å². The molecule has 2 N–H and O–H groups in total. The van der Waals surface area contributed by atoms with Gasteiger partial charge in [0.2, 0.25) is 5.95 Å². The van der Waals surface area contributed by atoms with Crippen LogP contribution in [-0.4, -0.2) is 28.2 Å². The number of rotatable bonds is 1. The molecule has 2 aromatic rings. The lowest BCUT2D eigenvalue weighted by Gasteiger charge is -2.07. The summed E-state index contributed by atoms with van der Waals surface area (Å²) >= 11 is 0. The number of nitrogens with one attached hydrogen (secondary N) is 1. The Morgan fingerprint density at radius 1 is 1.50 bits per heavy atom. The molecule has 0 bridgehead atoms. The van der Waals surface area contributed by atoms with Gasteiger partial charge in [-0.15, -0.1) is 0 Å². The molecule has 5 nitrogen and oxygen atoms in total. The number of anilines is 1. The number of aromatic amines is 1. The number of carboxylic acid groups (broad SMARTS) is 1. The van der Waals surface area contributed by atoms with Crippen LogP contribution >= 0.6 is 0 Å². The van der Waals surface area contributed by atoms with E-state index in [1.165, 1.54) is 7.05 Å². The molecular weight excluding hydrogens is 182 g/mol. The van der Waals surface area contributed by atoms with E-state index < -0.39 is 6.09 Å². The summed E-state index contributed by atoms with van der Waals surface area (Å²) in [4.78, 5) is 18.7. The number of para-hydroxylation sites is 2. The quantitative estimate of drug-likeness (QED) is 0.720. The number of H-pyrrole nitrogens is 1. The van der Waals surface area contributed by atoms with Crippen LogP contribution in [0.25, 0.3) is 11.0 Å². The van der Waals surface area contributed by atoms with E-state index in [0.717, 1.165) is 15.9 Å². The first-order chi connectivity index (χ1) is 6.68. The smallest absolute Gasteiger partial charge is 0.413 e. The van der Waals surface area contributed by atoms with Crippen molar-refractivity contribution in [3.8, 4) is 0 Å². The Kier molecular flexibility index (Phi) is 1.85. The molecule has 14 heavy (non-hydrogen) atoms. The third kappa shape index (κ3) is 1.28. The number of imidazole rings is 1.